The van der Waals surface area contributed by atoms with E-state index >= 15 is 0 Å². The molecule has 0 saturated heterocycles. The molecule has 0 unspecified atom stereocenters. The minimum absolute atomic E-state index is 0.283. The van der Waals surface area contributed by atoms with Crippen LogP contribution in [0.4, 0.5) is 4.39 Å². The Balaban J connectivity index is 1.66. The molecule has 0 saturated carbocycles. The maximum atomic E-state index is 12.9. The molecule has 3 rings (SSSR count). The quantitative estimate of drug-likeness (QED) is 0.579. The van der Waals surface area contributed by atoms with Crippen LogP contribution in [0.3, 0.4) is 0 Å². The average molecular weight is 322 g/mol. The van der Waals surface area contributed by atoms with Crippen molar-refractivity contribution in [1.29, 1.82) is 0 Å². The first-order chi connectivity index (χ1) is 11.6. The summed E-state index contributed by atoms with van der Waals surface area (Å²) in [4.78, 5) is 12.0. The molecule has 2 aromatic carbocycles. The van der Waals surface area contributed by atoms with Crippen molar-refractivity contribution in [1.82, 2.24) is 5.43 Å². The van der Waals surface area contributed by atoms with Gasteiger partial charge in [0.25, 0.3) is 5.91 Å². The molecular weight excluding hydrogens is 307 g/mol. The summed E-state index contributed by atoms with van der Waals surface area (Å²) >= 11 is 0. The van der Waals surface area contributed by atoms with Crippen LogP contribution in [0.15, 0.2) is 70.2 Å². The van der Waals surface area contributed by atoms with Gasteiger partial charge in [0.05, 0.1) is 6.21 Å². The van der Waals surface area contributed by atoms with E-state index in [2.05, 4.69) is 10.5 Å². The summed E-state index contributed by atoms with van der Waals surface area (Å²) in [6.45, 7) is 1.86. The molecule has 0 aliphatic heterocycles. The van der Waals surface area contributed by atoms with Gasteiger partial charge in [-0.25, -0.2) is 9.82 Å². The van der Waals surface area contributed by atoms with Crippen molar-refractivity contribution in [3.05, 3.63) is 83.4 Å². The van der Waals surface area contributed by atoms with E-state index in [1.165, 1.54) is 18.3 Å². The molecule has 0 fully saturated rings. The Kier molecular flexibility index (Phi) is 4.52. The van der Waals surface area contributed by atoms with Gasteiger partial charge in [0.2, 0.25) is 0 Å². The van der Waals surface area contributed by atoms with Crippen molar-refractivity contribution in [2.24, 2.45) is 5.10 Å². The van der Waals surface area contributed by atoms with Crippen LogP contribution in [0, 0.1) is 12.7 Å². The number of rotatable bonds is 4. The molecule has 0 radical (unpaired) electrons. The van der Waals surface area contributed by atoms with Crippen molar-refractivity contribution >= 4 is 12.1 Å². The fraction of sp³-hybridized carbons (Fsp3) is 0.0526. The van der Waals surface area contributed by atoms with Crippen LogP contribution < -0.4 is 5.43 Å². The minimum Gasteiger partial charge on any atom is -0.455 e. The molecule has 24 heavy (non-hydrogen) atoms. The number of hydrazone groups is 1. The first-order valence-electron chi connectivity index (χ1n) is 7.38. The topological polar surface area (TPSA) is 54.6 Å². The molecule has 4 nitrogen and oxygen atoms in total. The number of nitrogens with zero attached hydrogens (tertiary/aromatic N) is 1. The summed E-state index contributed by atoms with van der Waals surface area (Å²) < 4.78 is 18.5. The van der Waals surface area contributed by atoms with Gasteiger partial charge in [0, 0.05) is 11.1 Å². The molecular formula is C19H15FN2O2. The van der Waals surface area contributed by atoms with E-state index in [1.54, 1.807) is 36.4 Å². The van der Waals surface area contributed by atoms with Gasteiger partial charge in [-0.2, -0.15) is 5.10 Å². The molecule has 5 heteroatoms. The second-order valence-electron chi connectivity index (χ2n) is 5.22. The second kappa shape index (κ2) is 6.91. The highest BCUT2D eigenvalue weighted by Crippen LogP contribution is 2.21. The number of hydrogen-bond donors (Lipinski definition) is 1. The number of halogens is 1. The van der Waals surface area contributed by atoms with Gasteiger partial charge in [-0.05, 0) is 55.0 Å². The van der Waals surface area contributed by atoms with Crippen LogP contribution in [0.25, 0.3) is 11.3 Å². The van der Waals surface area contributed by atoms with Gasteiger partial charge in [-0.3, -0.25) is 4.79 Å². The Hall–Kier alpha value is -3.21. The van der Waals surface area contributed by atoms with Crippen molar-refractivity contribution in [2.45, 2.75) is 6.92 Å². The SMILES string of the molecule is Cc1ccccc1C(=O)N/N=C\c1ccc(-c2ccc(F)cc2)o1. The molecule has 0 aliphatic rings. The average Bonchev–Trinajstić information content (AvgIpc) is 3.04. The fourth-order valence-corrected chi connectivity index (χ4v) is 2.23. The number of aryl methyl sites for hydroxylation is 1. The van der Waals surface area contributed by atoms with Gasteiger partial charge < -0.3 is 4.42 Å². The van der Waals surface area contributed by atoms with Crippen molar-refractivity contribution in [2.75, 3.05) is 0 Å². The lowest BCUT2D eigenvalue weighted by atomic mass is 10.1. The second-order valence-corrected chi connectivity index (χ2v) is 5.22. The van der Waals surface area contributed by atoms with Crippen LogP contribution in [0.1, 0.15) is 21.7 Å². The van der Waals surface area contributed by atoms with Crippen LogP contribution in [0.2, 0.25) is 0 Å². The zero-order chi connectivity index (χ0) is 16.9. The lowest BCUT2D eigenvalue weighted by molar-refractivity contribution is 0.0954. The van der Waals surface area contributed by atoms with E-state index in [0.29, 0.717) is 17.1 Å². The van der Waals surface area contributed by atoms with Gasteiger partial charge >= 0.3 is 0 Å². The number of carbonyl (C=O) groups excluding carboxylic acids is 1. The monoisotopic (exact) mass is 322 g/mol. The standard InChI is InChI=1S/C19H15FN2O2/c1-13-4-2-3-5-17(13)19(23)22-21-12-16-10-11-18(24-16)14-6-8-15(20)9-7-14/h2-12H,1H3,(H,22,23)/b21-12-. The Morgan fingerprint density at radius 1 is 1.08 bits per heavy atom. The van der Waals surface area contributed by atoms with E-state index < -0.39 is 0 Å². The fourth-order valence-electron chi connectivity index (χ4n) is 2.23. The molecule has 1 heterocycles. The summed E-state index contributed by atoms with van der Waals surface area (Å²) in [5.41, 5.74) is 4.68. The lowest BCUT2D eigenvalue weighted by Gasteiger charge is -2.02. The highest BCUT2D eigenvalue weighted by atomic mass is 19.1. The summed E-state index contributed by atoms with van der Waals surface area (Å²) in [7, 11) is 0. The first-order valence-corrected chi connectivity index (χ1v) is 7.38. The molecule has 1 aromatic heterocycles. The third-order valence-corrected chi connectivity index (χ3v) is 3.50. The van der Waals surface area contributed by atoms with Crippen LogP contribution in [-0.2, 0) is 0 Å². The van der Waals surface area contributed by atoms with Gasteiger partial charge in [0.1, 0.15) is 17.3 Å². The molecule has 0 aliphatic carbocycles. The van der Waals surface area contributed by atoms with Crippen LogP contribution in [0.5, 0.6) is 0 Å². The molecule has 1 N–H and O–H groups in total. The lowest BCUT2D eigenvalue weighted by Crippen LogP contribution is -2.18. The zero-order valence-corrected chi connectivity index (χ0v) is 13.0. The molecule has 1 amide bonds. The zero-order valence-electron chi connectivity index (χ0n) is 13.0. The highest BCUT2D eigenvalue weighted by Gasteiger charge is 2.07. The Labute approximate surface area is 138 Å². The van der Waals surface area contributed by atoms with Crippen LogP contribution >= 0.6 is 0 Å². The largest absolute Gasteiger partial charge is 0.455 e. The minimum atomic E-state index is -0.300. The van der Waals surface area contributed by atoms with Gasteiger partial charge in [-0.1, -0.05) is 18.2 Å². The predicted octanol–water partition coefficient (Wildman–Crippen LogP) is 4.16. The molecule has 0 bridgehead atoms. The van der Waals surface area contributed by atoms with E-state index in [4.69, 9.17) is 4.42 Å². The molecule has 120 valence electrons. The van der Waals surface area contributed by atoms with E-state index in [1.807, 2.05) is 19.1 Å². The molecule has 3 aromatic rings. The van der Waals surface area contributed by atoms with E-state index in [-0.39, 0.29) is 11.7 Å². The third kappa shape index (κ3) is 3.57. The molecule has 0 atom stereocenters. The Morgan fingerprint density at radius 3 is 2.58 bits per heavy atom. The summed E-state index contributed by atoms with van der Waals surface area (Å²) in [6.07, 6.45) is 1.42. The highest BCUT2D eigenvalue weighted by molar-refractivity contribution is 5.96. The summed E-state index contributed by atoms with van der Waals surface area (Å²) in [5, 5.41) is 3.90. The Bertz CT molecular complexity index is 882. The van der Waals surface area contributed by atoms with Gasteiger partial charge in [0.15, 0.2) is 0 Å². The van der Waals surface area contributed by atoms with Crippen molar-refractivity contribution in [3.63, 3.8) is 0 Å². The summed E-state index contributed by atoms with van der Waals surface area (Å²) in [5.74, 6) is 0.502. The van der Waals surface area contributed by atoms with Gasteiger partial charge in [-0.15, -0.1) is 0 Å². The predicted molar refractivity (Wildman–Crippen MR) is 90.3 cm³/mol. The van der Waals surface area contributed by atoms with Crippen molar-refractivity contribution < 1.29 is 13.6 Å². The number of benzene rings is 2. The summed E-state index contributed by atoms with van der Waals surface area (Å²) in [6, 6.07) is 16.8. The normalized spacial score (nSPS) is 10.9. The number of furan rings is 1. The number of carbonyl (C=O) groups is 1. The number of hydrogen-bond acceptors (Lipinski definition) is 3. The molecule has 0 spiro atoms. The first kappa shape index (κ1) is 15.7. The van der Waals surface area contributed by atoms with E-state index in [9.17, 15) is 9.18 Å². The smallest absolute Gasteiger partial charge is 0.271 e. The van der Waals surface area contributed by atoms with Crippen LogP contribution in [-0.4, -0.2) is 12.1 Å². The number of nitrogens with one attached hydrogen (secondary N) is 1. The maximum Gasteiger partial charge on any atom is 0.271 e. The van der Waals surface area contributed by atoms with E-state index in [0.717, 1.165) is 11.1 Å². The van der Waals surface area contributed by atoms with Crippen molar-refractivity contribution in [3.8, 4) is 11.3 Å². The Morgan fingerprint density at radius 2 is 1.83 bits per heavy atom. The maximum absolute atomic E-state index is 12.9. The number of amides is 1. The third-order valence-electron chi connectivity index (χ3n) is 3.50.